The fourth-order valence-electron chi connectivity index (χ4n) is 2.06. The van der Waals surface area contributed by atoms with Crippen molar-refractivity contribution < 1.29 is 0 Å². The highest BCUT2D eigenvalue weighted by atomic mass is 15.3. The quantitative estimate of drug-likeness (QED) is 0.430. The third kappa shape index (κ3) is 2.26. The van der Waals surface area contributed by atoms with Crippen molar-refractivity contribution >= 4 is 0 Å². The van der Waals surface area contributed by atoms with Crippen molar-refractivity contribution in [1.82, 2.24) is 9.88 Å². The minimum atomic E-state index is 0.365. The molecule has 15 heavy (non-hydrogen) atoms. The summed E-state index contributed by atoms with van der Waals surface area (Å²) in [5.41, 5.74) is 9.51. The van der Waals surface area contributed by atoms with E-state index in [9.17, 15) is 0 Å². The van der Waals surface area contributed by atoms with Crippen LogP contribution < -0.4 is 0 Å². The Morgan fingerprint density at radius 2 is 2.60 bits per heavy atom. The van der Waals surface area contributed by atoms with Crippen molar-refractivity contribution in [1.29, 1.82) is 0 Å². The molecule has 0 bridgehead atoms. The van der Waals surface area contributed by atoms with Crippen LogP contribution in [0.2, 0.25) is 0 Å². The number of nitrogens with zero attached hydrogens (tertiary/aromatic N) is 5. The molecule has 78 valence electrons. The SMILES string of the molecule is [N-]=[N+]=NCN1CCC[C@H]1c1cccnc1. The van der Waals surface area contributed by atoms with Gasteiger partial charge in [0.1, 0.15) is 0 Å². The fourth-order valence-corrected chi connectivity index (χ4v) is 2.06. The largest absolute Gasteiger partial charge is 0.291 e. The molecule has 0 aromatic carbocycles. The van der Waals surface area contributed by atoms with Crippen LogP contribution in [0.1, 0.15) is 24.4 Å². The van der Waals surface area contributed by atoms with E-state index < -0.39 is 0 Å². The zero-order valence-corrected chi connectivity index (χ0v) is 8.45. The number of pyridine rings is 1. The molecule has 0 saturated carbocycles. The van der Waals surface area contributed by atoms with Crippen molar-refractivity contribution in [2.24, 2.45) is 5.11 Å². The predicted octanol–water partition coefficient (Wildman–Crippen LogP) is 2.49. The van der Waals surface area contributed by atoms with Gasteiger partial charge in [-0.2, -0.15) is 0 Å². The molecule has 5 heteroatoms. The fraction of sp³-hybridized carbons (Fsp3) is 0.500. The highest BCUT2D eigenvalue weighted by molar-refractivity contribution is 5.15. The van der Waals surface area contributed by atoms with Crippen LogP contribution in [-0.2, 0) is 0 Å². The first kappa shape index (κ1) is 9.96. The summed E-state index contributed by atoms with van der Waals surface area (Å²) in [4.78, 5) is 9.10. The van der Waals surface area contributed by atoms with Gasteiger partial charge in [0, 0.05) is 23.3 Å². The number of likely N-dealkylation sites (tertiary alicyclic amines) is 1. The van der Waals surface area contributed by atoms with Crippen LogP contribution in [0.3, 0.4) is 0 Å². The summed E-state index contributed by atoms with van der Waals surface area (Å²) in [6.07, 6.45) is 5.93. The van der Waals surface area contributed by atoms with Gasteiger partial charge in [-0.25, -0.2) is 0 Å². The number of hydrogen-bond donors (Lipinski definition) is 0. The number of hydrogen-bond acceptors (Lipinski definition) is 3. The maximum Gasteiger partial charge on any atom is 0.0779 e. The molecule has 2 rings (SSSR count). The Bertz CT molecular complexity index is 357. The van der Waals surface area contributed by atoms with Gasteiger partial charge in [-0.1, -0.05) is 11.2 Å². The molecule has 0 spiro atoms. The molecule has 1 aromatic heterocycles. The first-order valence-corrected chi connectivity index (χ1v) is 5.06. The first-order valence-electron chi connectivity index (χ1n) is 5.06. The van der Waals surface area contributed by atoms with Crippen LogP contribution in [0.4, 0.5) is 0 Å². The lowest BCUT2D eigenvalue weighted by molar-refractivity contribution is 0.264. The van der Waals surface area contributed by atoms with E-state index in [1.807, 2.05) is 12.3 Å². The van der Waals surface area contributed by atoms with Crippen LogP contribution in [-0.4, -0.2) is 23.1 Å². The van der Waals surface area contributed by atoms with Gasteiger partial charge in [0.15, 0.2) is 0 Å². The third-order valence-corrected chi connectivity index (χ3v) is 2.74. The second-order valence-corrected chi connectivity index (χ2v) is 3.63. The number of azide groups is 1. The van der Waals surface area contributed by atoms with Crippen LogP contribution in [0.25, 0.3) is 10.4 Å². The summed E-state index contributed by atoms with van der Waals surface area (Å²) >= 11 is 0. The van der Waals surface area contributed by atoms with Crippen molar-refractivity contribution in [3.8, 4) is 0 Å². The molecule has 1 atom stereocenters. The minimum Gasteiger partial charge on any atom is -0.291 e. The second kappa shape index (κ2) is 4.77. The summed E-state index contributed by atoms with van der Waals surface area (Å²) < 4.78 is 0. The average Bonchev–Trinajstić information content (AvgIpc) is 2.75. The molecule has 1 saturated heterocycles. The topological polar surface area (TPSA) is 64.9 Å². The Morgan fingerprint density at radius 1 is 1.67 bits per heavy atom. The molecule has 0 N–H and O–H groups in total. The summed E-state index contributed by atoms with van der Waals surface area (Å²) in [5.74, 6) is 0. The van der Waals surface area contributed by atoms with Gasteiger partial charge in [-0.05, 0) is 36.5 Å². The maximum absolute atomic E-state index is 8.30. The van der Waals surface area contributed by atoms with Crippen molar-refractivity contribution in [2.75, 3.05) is 13.2 Å². The third-order valence-electron chi connectivity index (χ3n) is 2.74. The molecular weight excluding hydrogens is 190 g/mol. The van der Waals surface area contributed by atoms with E-state index in [4.69, 9.17) is 5.53 Å². The lowest BCUT2D eigenvalue weighted by Gasteiger charge is -2.22. The first-order chi connectivity index (χ1) is 7.42. The van der Waals surface area contributed by atoms with E-state index in [0.29, 0.717) is 12.7 Å². The van der Waals surface area contributed by atoms with Gasteiger partial charge in [-0.15, -0.1) is 0 Å². The average molecular weight is 203 g/mol. The van der Waals surface area contributed by atoms with E-state index in [1.165, 1.54) is 5.56 Å². The molecule has 1 aliphatic rings. The predicted molar refractivity (Wildman–Crippen MR) is 56.9 cm³/mol. The second-order valence-electron chi connectivity index (χ2n) is 3.63. The highest BCUT2D eigenvalue weighted by Crippen LogP contribution is 2.30. The molecule has 0 amide bonds. The molecule has 1 fully saturated rings. The Morgan fingerprint density at radius 3 is 3.33 bits per heavy atom. The van der Waals surface area contributed by atoms with E-state index in [0.717, 1.165) is 19.4 Å². The molecule has 0 unspecified atom stereocenters. The molecule has 0 radical (unpaired) electrons. The summed E-state index contributed by atoms with van der Waals surface area (Å²) in [5, 5.41) is 3.62. The normalized spacial score (nSPS) is 21.2. The number of rotatable bonds is 3. The lowest BCUT2D eigenvalue weighted by atomic mass is 10.1. The van der Waals surface area contributed by atoms with E-state index >= 15 is 0 Å². The van der Waals surface area contributed by atoms with Crippen molar-refractivity contribution in [3.63, 3.8) is 0 Å². The zero-order chi connectivity index (χ0) is 10.5. The van der Waals surface area contributed by atoms with Crippen LogP contribution >= 0.6 is 0 Å². The van der Waals surface area contributed by atoms with Crippen LogP contribution in [0.5, 0.6) is 0 Å². The van der Waals surface area contributed by atoms with Crippen LogP contribution in [0.15, 0.2) is 29.6 Å². The van der Waals surface area contributed by atoms with Gasteiger partial charge in [0.25, 0.3) is 0 Å². The molecule has 2 heterocycles. The number of aromatic nitrogens is 1. The van der Waals surface area contributed by atoms with E-state index in [-0.39, 0.29) is 0 Å². The monoisotopic (exact) mass is 203 g/mol. The van der Waals surface area contributed by atoms with Gasteiger partial charge in [0.05, 0.1) is 6.67 Å². The highest BCUT2D eigenvalue weighted by Gasteiger charge is 2.24. The Balaban J connectivity index is 2.11. The molecule has 0 aliphatic carbocycles. The van der Waals surface area contributed by atoms with Gasteiger partial charge in [0.2, 0.25) is 0 Å². The van der Waals surface area contributed by atoms with Crippen LogP contribution in [0, 0.1) is 0 Å². The molecule has 5 nitrogen and oxygen atoms in total. The minimum absolute atomic E-state index is 0.365. The van der Waals surface area contributed by atoms with E-state index in [1.54, 1.807) is 6.20 Å². The maximum atomic E-state index is 8.30. The van der Waals surface area contributed by atoms with Gasteiger partial charge < -0.3 is 0 Å². The Kier molecular flexibility index (Phi) is 3.17. The van der Waals surface area contributed by atoms with Crippen molar-refractivity contribution in [3.05, 3.63) is 40.5 Å². The molecular formula is C10H13N5. The smallest absolute Gasteiger partial charge is 0.0779 e. The Hall–Kier alpha value is -1.58. The molecule has 1 aromatic rings. The van der Waals surface area contributed by atoms with Gasteiger partial charge in [-0.3, -0.25) is 9.88 Å². The van der Waals surface area contributed by atoms with Crippen molar-refractivity contribution in [2.45, 2.75) is 18.9 Å². The summed E-state index contributed by atoms with van der Waals surface area (Å²) in [6, 6.07) is 4.38. The standard InChI is InChI=1S/C10H13N5/c11-14-13-8-15-6-2-4-10(15)9-3-1-5-12-7-9/h1,3,5,7,10H,2,4,6,8H2/t10-/m0/s1. The van der Waals surface area contributed by atoms with E-state index in [2.05, 4.69) is 26.0 Å². The summed E-state index contributed by atoms with van der Waals surface area (Å²) in [6.45, 7) is 1.45. The van der Waals surface area contributed by atoms with Gasteiger partial charge >= 0.3 is 0 Å². The summed E-state index contributed by atoms with van der Waals surface area (Å²) in [7, 11) is 0. The Labute approximate surface area is 88.4 Å². The zero-order valence-electron chi connectivity index (χ0n) is 8.45. The molecule has 1 aliphatic heterocycles. The lowest BCUT2D eigenvalue weighted by Crippen LogP contribution is -2.23.